The molecule has 0 unspecified atom stereocenters. The molecule has 0 spiro atoms. The first kappa shape index (κ1) is 6.23. The average molecular weight is 136 g/mol. The molecule has 0 saturated heterocycles. The van der Waals surface area contributed by atoms with Crippen LogP contribution in [0.1, 0.15) is 0 Å². The van der Waals surface area contributed by atoms with Crippen LogP contribution in [0.2, 0.25) is 0 Å². The van der Waals surface area contributed by atoms with Gasteiger partial charge in [0, 0.05) is 5.69 Å². The Morgan fingerprint density at radius 2 is 1.89 bits per heavy atom. The highest BCUT2D eigenvalue weighted by Crippen LogP contribution is 2.02. The van der Waals surface area contributed by atoms with E-state index in [0.717, 1.165) is 5.69 Å². The largest absolute Gasteiger partial charge is 0.344 e. The minimum Gasteiger partial charge on any atom is -0.344 e. The fraction of sp³-hybridized carbons (Fsp3) is 0. The number of thiocarbonyl (C=S) groups is 1. The Morgan fingerprint density at radius 1 is 1.22 bits per heavy atom. The molecule has 1 rings (SSSR count). The van der Waals surface area contributed by atoms with Gasteiger partial charge in [0.05, 0.1) is 0 Å². The quantitative estimate of drug-likeness (QED) is 0.492. The van der Waals surface area contributed by atoms with Crippen molar-refractivity contribution >= 4 is 23.4 Å². The van der Waals surface area contributed by atoms with E-state index >= 15 is 0 Å². The van der Waals surface area contributed by atoms with Crippen molar-refractivity contribution in [3.63, 3.8) is 0 Å². The topological polar surface area (TPSA) is 12.0 Å². The second kappa shape index (κ2) is 3.20. The zero-order valence-corrected chi connectivity index (χ0v) is 5.61. The van der Waals surface area contributed by atoms with Gasteiger partial charge in [-0.3, -0.25) is 0 Å². The monoisotopic (exact) mass is 136 g/mol. The maximum absolute atomic E-state index is 4.47. The fourth-order valence-corrected chi connectivity index (χ4v) is 0.698. The Hall–Kier alpha value is -0.890. The lowest BCUT2D eigenvalue weighted by Gasteiger charge is -1.93. The highest BCUT2D eigenvalue weighted by molar-refractivity contribution is 7.79. The van der Waals surface area contributed by atoms with E-state index in [9.17, 15) is 0 Å². The number of nitrogens with one attached hydrogen (secondary N) is 1. The Balaban J connectivity index is 2.72. The molecular formula is C7H6NS. The summed E-state index contributed by atoms with van der Waals surface area (Å²) < 4.78 is 0. The molecule has 0 amide bonds. The lowest BCUT2D eigenvalue weighted by atomic mass is 10.3. The van der Waals surface area contributed by atoms with Gasteiger partial charge in [0.15, 0.2) is 0 Å². The Bertz CT molecular complexity index is 183. The van der Waals surface area contributed by atoms with E-state index in [1.807, 2.05) is 30.3 Å². The zero-order chi connectivity index (χ0) is 6.53. The number of para-hydroxylation sites is 1. The predicted octanol–water partition coefficient (Wildman–Crippen LogP) is 1.93. The molecule has 0 fully saturated rings. The number of hydrogen-bond acceptors (Lipinski definition) is 1. The van der Waals surface area contributed by atoms with Crippen LogP contribution in [0.4, 0.5) is 5.69 Å². The average Bonchev–Trinajstić information content (AvgIpc) is 1.91. The normalized spacial score (nSPS) is 8.44. The number of benzene rings is 1. The highest BCUT2D eigenvalue weighted by atomic mass is 32.1. The minimum atomic E-state index is 0.979. The molecule has 1 N–H and O–H groups in total. The molecule has 1 nitrogen and oxygen atoms in total. The van der Waals surface area contributed by atoms with Crippen molar-refractivity contribution in [3.05, 3.63) is 30.3 Å². The predicted molar refractivity (Wildman–Crippen MR) is 42.7 cm³/mol. The van der Waals surface area contributed by atoms with Crippen LogP contribution in [-0.2, 0) is 0 Å². The molecule has 9 heavy (non-hydrogen) atoms. The van der Waals surface area contributed by atoms with Crippen LogP contribution in [0.25, 0.3) is 0 Å². The van der Waals surface area contributed by atoms with E-state index in [4.69, 9.17) is 0 Å². The summed E-state index contributed by atoms with van der Waals surface area (Å²) in [5, 5.41) is 2.77. The van der Waals surface area contributed by atoms with Gasteiger partial charge in [0.25, 0.3) is 0 Å². The molecule has 0 aliphatic rings. The van der Waals surface area contributed by atoms with Crippen molar-refractivity contribution in [2.75, 3.05) is 5.32 Å². The van der Waals surface area contributed by atoms with Crippen LogP contribution in [0.5, 0.6) is 0 Å². The summed E-state index contributed by atoms with van der Waals surface area (Å²) in [6.07, 6.45) is 0. The first-order valence-electron chi connectivity index (χ1n) is 2.61. The Kier molecular flexibility index (Phi) is 2.22. The molecule has 0 bridgehead atoms. The number of rotatable bonds is 2. The third-order valence-electron chi connectivity index (χ3n) is 0.969. The molecule has 0 aliphatic heterocycles. The smallest absolute Gasteiger partial charge is 0.138 e. The van der Waals surface area contributed by atoms with Crippen LogP contribution in [-0.4, -0.2) is 5.49 Å². The van der Waals surface area contributed by atoms with Crippen LogP contribution in [0.3, 0.4) is 0 Å². The van der Waals surface area contributed by atoms with E-state index in [1.165, 1.54) is 0 Å². The molecule has 0 atom stereocenters. The second-order valence-corrected chi connectivity index (χ2v) is 1.80. The van der Waals surface area contributed by atoms with Crippen molar-refractivity contribution in [2.24, 2.45) is 0 Å². The van der Waals surface area contributed by atoms with Gasteiger partial charge in [-0.25, -0.2) is 0 Å². The molecule has 1 aromatic rings. The summed E-state index contributed by atoms with van der Waals surface area (Å²) in [6, 6.07) is 9.69. The highest BCUT2D eigenvalue weighted by Gasteiger charge is 1.81. The van der Waals surface area contributed by atoms with Gasteiger partial charge in [0.2, 0.25) is 0 Å². The van der Waals surface area contributed by atoms with Gasteiger partial charge in [-0.2, -0.15) is 0 Å². The maximum Gasteiger partial charge on any atom is 0.138 e. The third-order valence-corrected chi connectivity index (χ3v) is 1.07. The van der Waals surface area contributed by atoms with Crippen LogP contribution in [0, 0.1) is 0 Å². The van der Waals surface area contributed by atoms with Crippen molar-refractivity contribution in [1.82, 2.24) is 0 Å². The van der Waals surface area contributed by atoms with Gasteiger partial charge >= 0.3 is 0 Å². The van der Waals surface area contributed by atoms with Gasteiger partial charge in [-0.1, -0.05) is 30.4 Å². The first-order valence-corrected chi connectivity index (χ1v) is 3.02. The lowest BCUT2D eigenvalue weighted by Crippen LogP contribution is -1.89. The summed E-state index contributed by atoms with van der Waals surface area (Å²) in [5.41, 5.74) is 3.40. The van der Waals surface area contributed by atoms with Gasteiger partial charge in [-0.15, -0.1) is 0 Å². The third kappa shape index (κ3) is 1.82. The lowest BCUT2D eigenvalue weighted by molar-refractivity contribution is 1.67. The van der Waals surface area contributed by atoms with Crippen molar-refractivity contribution < 1.29 is 0 Å². The summed E-state index contributed by atoms with van der Waals surface area (Å²) in [6.45, 7) is 0. The van der Waals surface area contributed by atoms with E-state index in [1.54, 1.807) is 0 Å². The zero-order valence-electron chi connectivity index (χ0n) is 4.79. The second-order valence-electron chi connectivity index (χ2n) is 1.59. The molecule has 0 saturated carbocycles. The summed E-state index contributed by atoms with van der Waals surface area (Å²) in [7, 11) is 0. The maximum atomic E-state index is 4.47. The summed E-state index contributed by atoms with van der Waals surface area (Å²) >= 11 is 4.47. The molecular weight excluding hydrogens is 130 g/mol. The van der Waals surface area contributed by atoms with Gasteiger partial charge in [-0.05, 0) is 12.1 Å². The first-order chi connectivity index (χ1) is 4.43. The SMILES string of the molecule is S=[C]Nc1ccccc1. The molecule has 1 aromatic carbocycles. The van der Waals surface area contributed by atoms with Crippen LogP contribution >= 0.6 is 12.2 Å². The van der Waals surface area contributed by atoms with Crippen molar-refractivity contribution in [1.29, 1.82) is 0 Å². The van der Waals surface area contributed by atoms with Gasteiger partial charge < -0.3 is 5.32 Å². The number of anilines is 1. The van der Waals surface area contributed by atoms with E-state index in [2.05, 4.69) is 23.0 Å². The molecule has 0 heterocycles. The standard InChI is InChI=1S/C7H6NS/c9-6-8-7-4-2-1-3-5-7/h1-5H,(H,8,9). The van der Waals surface area contributed by atoms with E-state index in [0.29, 0.717) is 0 Å². The van der Waals surface area contributed by atoms with Crippen molar-refractivity contribution in [3.8, 4) is 0 Å². The Labute approximate surface area is 59.7 Å². The van der Waals surface area contributed by atoms with E-state index < -0.39 is 0 Å². The molecule has 0 aliphatic carbocycles. The summed E-state index contributed by atoms with van der Waals surface area (Å²) in [5.74, 6) is 0. The molecule has 2 heteroatoms. The van der Waals surface area contributed by atoms with Crippen molar-refractivity contribution in [2.45, 2.75) is 0 Å². The molecule has 45 valence electrons. The van der Waals surface area contributed by atoms with Crippen LogP contribution < -0.4 is 5.32 Å². The number of hydrogen-bond donors (Lipinski definition) is 1. The molecule has 0 aromatic heterocycles. The summed E-state index contributed by atoms with van der Waals surface area (Å²) in [4.78, 5) is 0. The Morgan fingerprint density at radius 3 is 2.44 bits per heavy atom. The van der Waals surface area contributed by atoms with Gasteiger partial charge in [0.1, 0.15) is 5.49 Å². The van der Waals surface area contributed by atoms with E-state index in [-0.39, 0.29) is 0 Å². The molecule has 1 radical (unpaired) electrons. The fourth-order valence-electron chi connectivity index (χ4n) is 0.580. The van der Waals surface area contributed by atoms with Crippen LogP contribution in [0.15, 0.2) is 30.3 Å². The minimum absolute atomic E-state index is 0.979.